The summed E-state index contributed by atoms with van der Waals surface area (Å²) in [5.74, 6) is 0.763. The maximum atomic E-state index is 12.0. The summed E-state index contributed by atoms with van der Waals surface area (Å²) in [4.78, 5) is 16.4. The Balaban J connectivity index is 2.48. The maximum absolute atomic E-state index is 12.0. The first-order chi connectivity index (χ1) is 9.27. The van der Waals surface area contributed by atoms with E-state index in [1.807, 2.05) is 31.2 Å². The van der Waals surface area contributed by atoms with Crippen LogP contribution in [0.25, 0.3) is 10.8 Å². The van der Waals surface area contributed by atoms with Crippen LogP contribution in [0.15, 0.2) is 30.5 Å². The van der Waals surface area contributed by atoms with Crippen molar-refractivity contribution in [1.82, 2.24) is 10.3 Å². The fourth-order valence-electron chi connectivity index (χ4n) is 2.01. The van der Waals surface area contributed by atoms with Gasteiger partial charge in [-0.15, -0.1) is 0 Å². The topological polar surface area (TPSA) is 54.0 Å². The second-order valence-corrected chi connectivity index (χ2v) is 4.35. The zero-order valence-corrected chi connectivity index (χ0v) is 11.4. The molecule has 0 saturated carbocycles. The van der Waals surface area contributed by atoms with Gasteiger partial charge in [-0.05, 0) is 18.7 Å². The van der Waals surface area contributed by atoms with Crippen molar-refractivity contribution >= 4 is 22.5 Å². The van der Waals surface area contributed by atoms with Crippen LogP contribution in [0.2, 0.25) is 0 Å². The van der Waals surface area contributed by atoms with Crippen LogP contribution in [-0.2, 0) is 0 Å². The van der Waals surface area contributed by atoms with Crippen LogP contribution in [-0.4, -0.2) is 24.0 Å². The normalized spacial score (nSPS) is 10.4. The Morgan fingerprint density at radius 2 is 1.95 bits per heavy atom. The first-order valence-corrected chi connectivity index (χ1v) is 6.67. The van der Waals surface area contributed by atoms with Crippen molar-refractivity contribution in [1.29, 1.82) is 0 Å². The number of nitrogens with zero attached hydrogens (tertiary/aromatic N) is 1. The molecule has 2 N–H and O–H groups in total. The van der Waals surface area contributed by atoms with Crippen molar-refractivity contribution in [2.45, 2.75) is 20.3 Å². The summed E-state index contributed by atoms with van der Waals surface area (Å²) in [6.45, 7) is 5.50. The Labute approximate surface area is 113 Å². The molecule has 1 aromatic heterocycles. The number of aromatic nitrogens is 1. The molecule has 2 aromatic rings. The molecule has 0 radical (unpaired) electrons. The van der Waals surface area contributed by atoms with Crippen LogP contribution in [0, 0.1) is 0 Å². The van der Waals surface area contributed by atoms with E-state index in [1.54, 1.807) is 6.20 Å². The van der Waals surface area contributed by atoms with Gasteiger partial charge in [-0.1, -0.05) is 31.2 Å². The van der Waals surface area contributed by atoms with Gasteiger partial charge in [0, 0.05) is 24.7 Å². The molecule has 100 valence electrons. The molecule has 1 heterocycles. The molecular formula is C15H19N3O. The lowest BCUT2D eigenvalue weighted by atomic mass is 10.1. The number of amides is 1. The lowest BCUT2D eigenvalue weighted by Crippen LogP contribution is -2.23. The number of anilines is 1. The molecule has 1 aromatic carbocycles. The van der Waals surface area contributed by atoms with E-state index in [0.717, 1.165) is 29.6 Å². The van der Waals surface area contributed by atoms with E-state index in [9.17, 15) is 4.79 Å². The van der Waals surface area contributed by atoms with Gasteiger partial charge in [0.25, 0.3) is 5.91 Å². The smallest absolute Gasteiger partial charge is 0.253 e. The molecule has 4 heteroatoms. The highest BCUT2D eigenvalue weighted by molar-refractivity contribution is 6.09. The van der Waals surface area contributed by atoms with Crippen LogP contribution < -0.4 is 10.6 Å². The third-order valence-electron chi connectivity index (χ3n) is 2.92. The van der Waals surface area contributed by atoms with Gasteiger partial charge in [0.15, 0.2) is 0 Å². The van der Waals surface area contributed by atoms with Gasteiger partial charge in [-0.3, -0.25) is 4.79 Å². The summed E-state index contributed by atoms with van der Waals surface area (Å²) in [6.07, 6.45) is 2.68. The minimum Gasteiger partial charge on any atom is -0.370 e. The molecule has 0 bridgehead atoms. The predicted molar refractivity (Wildman–Crippen MR) is 78.5 cm³/mol. The summed E-state index contributed by atoms with van der Waals surface area (Å²) in [5.41, 5.74) is 0.625. The monoisotopic (exact) mass is 257 g/mol. The van der Waals surface area contributed by atoms with Gasteiger partial charge in [0.05, 0.1) is 5.56 Å². The molecule has 4 nitrogen and oxygen atoms in total. The summed E-state index contributed by atoms with van der Waals surface area (Å²) in [6, 6.07) is 7.85. The number of pyridine rings is 1. The number of nitrogens with one attached hydrogen (secondary N) is 2. The molecule has 0 saturated heterocycles. The molecule has 0 fully saturated rings. The van der Waals surface area contributed by atoms with Crippen LogP contribution in [0.1, 0.15) is 30.6 Å². The van der Waals surface area contributed by atoms with Crippen molar-refractivity contribution in [2.24, 2.45) is 0 Å². The largest absolute Gasteiger partial charge is 0.370 e. The number of benzene rings is 1. The summed E-state index contributed by atoms with van der Waals surface area (Å²) in [7, 11) is 0. The van der Waals surface area contributed by atoms with E-state index < -0.39 is 0 Å². The van der Waals surface area contributed by atoms with E-state index >= 15 is 0 Å². The molecule has 1 amide bonds. The highest BCUT2D eigenvalue weighted by Crippen LogP contribution is 2.24. The van der Waals surface area contributed by atoms with Crippen LogP contribution in [0.4, 0.5) is 5.82 Å². The maximum Gasteiger partial charge on any atom is 0.253 e. The lowest BCUT2D eigenvalue weighted by molar-refractivity contribution is 0.0957. The number of fused-ring (bicyclic) bond motifs is 1. The number of hydrogen-bond donors (Lipinski definition) is 2. The van der Waals surface area contributed by atoms with Crippen molar-refractivity contribution in [3.05, 3.63) is 36.0 Å². The second-order valence-electron chi connectivity index (χ2n) is 4.35. The standard InChI is InChI=1S/C15H19N3O/c1-3-9-17-14-12-8-6-5-7-11(12)13(10-18-14)15(19)16-4-2/h5-8,10H,3-4,9H2,1-2H3,(H,16,19)(H,17,18). The van der Waals surface area contributed by atoms with Crippen molar-refractivity contribution < 1.29 is 4.79 Å². The first kappa shape index (κ1) is 13.3. The molecule has 0 aliphatic rings. The molecule has 0 spiro atoms. The Hall–Kier alpha value is -2.10. The summed E-state index contributed by atoms with van der Waals surface area (Å²) in [5, 5.41) is 8.03. The molecule has 0 aliphatic carbocycles. The van der Waals surface area contributed by atoms with Gasteiger partial charge < -0.3 is 10.6 Å². The average molecular weight is 257 g/mol. The van der Waals surface area contributed by atoms with E-state index in [2.05, 4.69) is 22.5 Å². The zero-order valence-electron chi connectivity index (χ0n) is 11.4. The molecule has 19 heavy (non-hydrogen) atoms. The summed E-state index contributed by atoms with van der Waals surface area (Å²) >= 11 is 0. The SMILES string of the molecule is CCCNc1ncc(C(=O)NCC)c2ccccc12. The highest BCUT2D eigenvalue weighted by atomic mass is 16.1. The van der Waals surface area contributed by atoms with Gasteiger partial charge in [-0.2, -0.15) is 0 Å². The molecule has 0 unspecified atom stereocenters. The van der Waals surface area contributed by atoms with Crippen molar-refractivity contribution in [3.8, 4) is 0 Å². The fourth-order valence-corrected chi connectivity index (χ4v) is 2.01. The number of carbonyl (C=O) groups excluding carboxylic acids is 1. The molecular weight excluding hydrogens is 238 g/mol. The molecule has 0 atom stereocenters. The highest BCUT2D eigenvalue weighted by Gasteiger charge is 2.12. The van der Waals surface area contributed by atoms with Crippen LogP contribution in [0.5, 0.6) is 0 Å². The van der Waals surface area contributed by atoms with Crippen molar-refractivity contribution in [3.63, 3.8) is 0 Å². The number of carbonyl (C=O) groups is 1. The summed E-state index contributed by atoms with van der Waals surface area (Å²) < 4.78 is 0. The zero-order chi connectivity index (χ0) is 13.7. The third kappa shape index (κ3) is 2.84. The van der Waals surface area contributed by atoms with Gasteiger partial charge in [0.2, 0.25) is 0 Å². The van der Waals surface area contributed by atoms with E-state index in [4.69, 9.17) is 0 Å². The lowest BCUT2D eigenvalue weighted by Gasteiger charge is -2.11. The average Bonchev–Trinajstić information content (AvgIpc) is 2.45. The van der Waals surface area contributed by atoms with Crippen LogP contribution >= 0.6 is 0 Å². The van der Waals surface area contributed by atoms with Gasteiger partial charge in [-0.25, -0.2) is 4.98 Å². The first-order valence-electron chi connectivity index (χ1n) is 6.67. The fraction of sp³-hybridized carbons (Fsp3) is 0.333. The minimum atomic E-state index is -0.0757. The minimum absolute atomic E-state index is 0.0757. The van der Waals surface area contributed by atoms with Gasteiger partial charge in [0.1, 0.15) is 5.82 Å². The van der Waals surface area contributed by atoms with Gasteiger partial charge >= 0.3 is 0 Å². The van der Waals surface area contributed by atoms with Crippen LogP contribution in [0.3, 0.4) is 0 Å². The van der Waals surface area contributed by atoms with E-state index in [-0.39, 0.29) is 5.91 Å². The second kappa shape index (κ2) is 6.18. The van der Waals surface area contributed by atoms with E-state index in [1.165, 1.54) is 0 Å². The predicted octanol–water partition coefficient (Wildman–Crippen LogP) is 2.81. The third-order valence-corrected chi connectivity index (χ3v) is 2.92. The quantitative estimate of drug-likeness (QED) is 0.866. The Bertz CT molecular complexity index is 581. The molecule has 0 aliphatic heterocycles. The molecule has 2 rings (SSSR count). The Morgan fingerprint density at radius 1 is 1.21 bits per heavy atom. The number of hydrogen-bond acceptors (Lipinski definition) is 3. The van der Waals surface area contributed by atoms with Crippen molar-refractivity contribution in [2.75, 3.05) is 18.4 Å². The Morgan fingerprint density at radius 3 is 2.63 bits per heavy atom. The Kier molecular flexibility index (Phi) is 4.34. The number of rotatable bonds is 5. The van der Waals surface area contributed by atoms with E-state index in [0.29, 0.717) is 12.1 Å².